The highest BCUT2D eigenvalue weighted by Crippen LogP contribution is 2.32. The van der Waals surface area contributed by atoms with Crippen LogP contribution in [0.5, 0.6) is 5.88 Å². The number of hydrogen-bond acceptors (Lipinski definition) is 4. The first-order chi connectivity index (χ1) is 7.50. The fourth-order valence-electron chi connectivity index (χ4n) is 0.994. The first kappa shape index (κ1) is 14.0. The van der Waals surface area contributed by atoms with Crippen molar-refractivity contribution in [3.63, 3.8) is 0 Å². The Morgan fingerprint density at radius 1 is 1.41 bits per heavy atom. The van der Waals surface area contributed by atoms with Crippen molar-refractivity contribution in [1.29, 1.82) is 0 Å². The zero-order valence-electron chi connectivity index (χ0n) is 8.05. The highest BCUT2D eigenvalue weighted by Gasteiger charge is 2.36. The van der Waals surface area contributed by atoms with Gasteiger partial charge in [-0.25, -0.2) is 17.8 Å². The van der Waals surface area contributed by atoms with Crippen LogP contribution in [0.2, 0.25) is 0 Å². The summed E-state index contributed by atoms with van der Waals surface area (Å²) in [4.78, 5) is 1.70. The molecule has 1 rings (SSSR count). The molecule has 96 valence electrons. The van der Waals surface area contributed by atoms with Crippen molar-refractivity contribution in [2.24, 2.45) is 0 Å². The molecule has 0 spiro atoms. The van der Waals surface area contributed by atoms with E-state index in [-0.39, 0.29) is 5.69 Å². The minimum Gasteiger partial charge on any atom is -0.386 e. The normalized spacial score (nSPS) is 12.6. The van der Waals surface area contributed by atoms with Gasteiger partial charge < -0.3 is 4.74 Å². The van der Waals surface area contributed by atoms with E-state index in [9.17, 15) is 26.0 Å². The smallest absolute Gasteiger partial charge is 0.386 e. The lowest BCUT2D eigenvalue weighted by atomic mass is 10.3. The fourth-order valence-corrected chi connectivity index (χ4v) is 2.00. The molecule has 0 aliphatic heterocycles. The Hall–Kier alpha value is -1.09. The van der Waals surface area contributed by atoms with Crippen LogP contribution in [0.25, 0.3) is 0 Å². The van der Waals surface area contributed by atoms with Gasteiger partial charge in [0.1, 0.15) is 0 Å². The van der Waals surface area contributed by atoms with E-state index >= 15 is 0 Å². The summed E-state index contributed by atoms with van der Waals surface area (Å²) in [6, 6.07) is 0.624. The summed E-state index contributed by atoms with van der Waals surface area (Å²) in [6.45, 7) is 1.16. The minimum absolute atomic E-state index is 0.189. The van der Waals surface area contributed by atoms with Gasteiger partial charge in [-0.15, -0.1) is 13.2 Å². The molecule has 0 unspecified atom stereocenters. The van der Waals surface area contributed by atoms with Crippen LogP contribution in [0.3, 0.4) is 0 Å². The lowest BCUT2D eigenvalue weighted by Gasteiger charge is -2.11. The second-order valence-corrected chi connectivity index (χ2v) is 5.37. The predicted molar refractivity (Wildman–Crippen MR) is 48.7 cm³/mol. The zero-order valence-corrected chi connectivity index (χ0v) is 9.62. The Kier molecular flexibility index (Phi) is 3.53. The standard InChI is InChI=1S/C7H4ClF4NO3S/c1-3-2-4(9)5(17(8,14)15)6(13-3)16-7(10,11)12/h2H,1H3. The maximum Gasteiger partial charge on any atom is 0.574 e. The van der Waals surface area contributed by atoms with Crippen LogP contribution in [0.1, 0.15) is 5.69 Å². The molecule has 0 aliphatic rings. The Morgan fingerprint density at radius 3 is 2.35 bits per heavy atom. The molecule has 0 saturated heterocycles. The third-order valence-corrected chi connectivity index (χ3v) is 2.80. The number of rotatable bonds is 2. The van der Waals surface area contributed by atoms with Crippen molar-refractivity contribution in [2.45, 2.75) is 18.2 Å². The first-order valence-corrected chi connectivity index (χ1v) is 6.19. The molecule has 0 fully saturated rings. The second-order valence-electron chi connectivity index (χ2n) is 2.87. The van der Waals surface area contributed by atoms with Gasteiger partial charge in [0, 0.05) is 16.4 Å². The molecule has 17 heavy (non-hydrogen) atoms. The third-order valence-electron chi connectivity index (χ3n) is 1.48. The van der Waals surface area contributed by atoms with Gasteiger partial charge in [0.25, 0.3) is 9.05 Å². The largest absolute Gasteiger partial charge is 0.574 e. The van der Waals surface area contributed by atoms with Crippen molar-refractivity contribution in [1.82, 2.24) is 4.98 Å². The van der Waals surface area contributed by atoms with E-state index in [1.165, 1.54) is 0 Å². The average molecular weight is 294 g/mol. The number of halogens is 5. The summed E-state index contributed by atoms with van der Waals surface area (Å²) >= 11 is 0. The molecule has 1 aromatic heterocycles. The fraction of sp³-hybridized carbons (Fsp3) is 0.286. The van der Waals surface area contributed by atoms with Crippen LogP contribution in [-0.2, 0) is 9.05 Å². The van der Waals surface area contributed by atoms with Gasteiger partial charge in [0.05, 0.1) is 0 Å². The summed E-state index contributed by atoms with van der Waals surface area (Å²) in [7, 11) is 0.0515. The van der Waals surface area contributed by atoms with Gasteiger partial charge in [-0.1, -0.05) is 0 Å². The van der Waals surface area contributed by atoms with Crippen molar-refractivity contribution < 1.29 is 30.7 Å². The Balaban J connectivity index is 3.47. The summed E-state index contributed by atoms with van der Waals surface area (Å²) in [5.41, 5.74) is -0.189. The summed E-state index contributed by atoms with van der Waals surface area (Å²) in [5.74, 6) is -2.91. The van der Waals surface area contributed by atoms with Crippen molar-refractivity contribution in [3.05, 3.63) is 17.6 Å². The molecule has 0 aliphatic carbocycles. The van der Waals surface area contributed by atoms with E-state index in [1.807, 2.05) is 0 Å². The Labute approximate surface area is 97.6 Å². The van der Waals surface area contributed by atoms with Crippen LogP contribution in [0.15, 0.2) is 11.0 Å². The van der Waals surface area contributed by atoms with Crippen LogP contribution in [0, 0.1) is 12.7 Å². The molecule has 0 amide bonds. The van der Waals surface area contributed by atoms with Gasteiger partial charge in [-0.05, 0) is 13.0 Å². The van der Waals surface area contributed by atoms with E-state index < -0.39 is 32.0 Å². The van der Waals surface area contributed by atoms with Crippen molar-refractivity contribution in [2.75, 3.05) is 0 Å². The Bertz CT molecular complexity index is 543. The number of hydrogen-bond donors (Lipinski definition) is 0. The quantitative estimate of drug-likeness (QED) is 0.620. The predicted octanol–water partition coefficient (Wildman–Crippen LogP) is 2.36. The highest BCUT2D eigenvalue weighted by molar-refractivity contribution is 8.13. The van der Waals surface area contributed by atoms with Gasteiger partial charge in [0.2, 0.25) is 5.88 Å². The second kappa shape index (κ2) is 4.30. The summed E-state index contributed by atoms with van der Waals surface area (Å²) < 4.78 is 74.2. The van der Waals surface area contributed by atoms with Gasteiger partial charge in [0.15, 0.2) is 10.7 Å². The molecule has 4 nitrogen and oxygen atoms in total. The highest BCUT2D eigenvalue weighted by atomic mass is 35.7. The zero-order chi connectivity index (χ0) is 13.4. The minimum atomic E-state index is -5.20. The number of aryl methyl sites for hydroxylation is 1. The average Bonchev–Trinajstić information content (AvgIpc) is 1.94. The maximum absolute atomic E-state index is 13.2. The topological polar surface area (TPSA) is 56.3 Å². The van der Waals surface area contributed by atoms with Gasteiger partial charge in [-0.3, -0.25) is 0 Å². The molecule has 0 N–H and O–H groups in total. The number of alkyl halides is 3. The van der Waals surface area contributed by atoms with E-state index in [2.05, 4.69) is 9.72 Å². The SMILES string of the molecule is Cc1cc(F)c(S(=O)(=O)Cl)c(OC(F)(F)F)n1. The van der Waals surface area contributed by atoms with Crippen LogP contribution >= 0.6 is 10.7 Å². The van der Waals surface area contributed by atoms with Crippen LogP contribution in [0.4, 0.5) is 17.6 Å². The van der Waals surface area contributed by atoms with Crippen molar-refractivity contribution >= 4 is 19.7 Å². The number of aromatic nitrogens is 1. The Morgan fingerprint density at radius 2 is 1.94 bits per heavy atom. The molecule has 1 aromatic rings. The maximum atomic E-state index is 13.2. The first-order valence-electron chi connectivity index (χ1n) is 3.88. The molecule has 0 atom stereocenters. The van der Waals surface area contributed by atoms with E-state index in [0.29, 0.717) is 6.07 Å². The number of ether oxygens (including phenoxy) is 1. The van der Waals surface area contributed by atoms with Crippen LogP contribution in [-0.4, -0.2) is 19.8 Å². The molecule has 0 saturated carbocycles. The lowest BCUT2D eigenvalue weighted by molar-refractivity contribution is -0.277. The molecule has 0 aromatic carbocycles. The molecule has 10 heteroatoms. The van der Waals surface area contributed by atoms with Gasteiger partial charge in [-0.2, -0.15) is 0 Å². The molecular weight excluding hydrogens is 290 g/mol. The van der Waals surface area contributed by atoms with Crippen molar-refractivity contribution in [3.8, 4) is 5.88 Å². The molecule has 0 radical (unpaired) electrons. The summed E-state index contributed by atoms with van der Waals surface area (Å²) in [5, 5.41) is 0. The molecule has 1 heterocycles. The van der Waals surface area contributed by atoms with E-state index in [0.717, 1.165) is 6.92 Å². The number of nitrogens with zero attached hydrogens (tertiary/aromatic N) is 1. The monoisotopic (exact) mass is 293 g/mol. The van der Waals surface area contributed by atoms with E-state index in [4.69, 9.17) is 10.7 Å². The number of pyridine rings is 1. The summed E-state index contributed by atoms with van der Waals surface area (Å²) in [6.07, 6.45) is -5.20. The van der Waals surface area contributed by atoms with Crippen LogP contribution < -0.4 is 4.74 Å². The third kappa shape index (κ3) is 3.70. The molecule has 0 bridgehead atoms. The molecular formula is C7H4ClF4NO3S. The van der Waals surface area contributed by atoms with Gasteiger partial charge >= 0.3 is 6.36 Å². The lowest BCUT2D eigenvalue weighted by Crippen LogP contribution is -2.20. The van der Waals surface area contributed by atoms with E-state index in [1.54, 1.807) is 0 Å².